The zero-order valence-electron chi connectivity index (χ0n) is 15.7. The first kappa shape index (κ1) is 17.9. The predicted molar refractivity (Wildman–Crippen MR) is 122 cm³/mol. The summed E-state index contributed by atoms with van der Waals surface area (Å²) in [5.41, 5.74) is 9.89. The van der Waals surface area contributed by atoms with Gasteiger partial charge in [0.1, 0.15) is 4.83 Å². The molecule has 28 heavy (non-hydrogen) atoms. The summed E-state index contributed by atoms with van der Waals surface area (Å²) in [5, 5.41) is 1.44. The minimum Gasteiger partial charge on any atom is -0.241 e. The van der Waals surface area contributed by atoms with Gasteiger partial charge in [-0.1, -0.05) is 54.6 Å². The first-order valence-electron chi connectivity index (χ1n) is 10.0. The monoisotopic (exact) mass is 403 g/mol. The van der Waals surface area contributed by atoms with Crippen molar-refractivity contribution in [2.75, 3.05) is 0 Å². The molecule has 0 aliphatic heterocycles. The topological polar surface area (TPSA) is 12.9 Å². The standard InChI is InChI=1S/C25H21NS.ClH/c1-2-9-17(10-3-1)22-23-18-11-5-4-8-16(18)14-15-20(23)26-25-24(22)19-12-6-7-13-21(19)27-25;/h1-5,8-11H,6-7,12-15H2;1H. The van der Waals surface area contributed by atoms with Crippen LogP contribution in [-0.2, 0) is 25.7 Å². The first-order chi connectivity index (χ1) is 13.4. The van der Waals surface area contributed by atoms with Crippen molar-refractivity contribution in [3.8, 4) is 22.3 Å². The highest BCUT2D eigenvalue weighted by Crippen LogP contribution is 2.48. The fraction of sp³-hybridized carbons (Fsp3) is 0.240. The minimum atomic E-state index is 0. The molecular weight excluding hydrogens is 382 g/mol. The molecule has 0 saturated carbocycles. The number of pyridine rings is 1. The van der Waals surface area contributed by atoms with E-state index in [9.17, 15) is 0 Å². The molecule has 2 heterocycles. The molecule has 0 bridgehead atoms. The maximum absolute atomic E-state index is 5.22. The number of aromatic nitrogens is 1. The molecule has 0 saturated heterocycles. The molecule has 2 aliphatic carbocycles. The summed E-state index contributed by atoms with van der Waals surface area (Å²) in [6.07, 6.45) is 7.21. The van der Waals surface area contributed by atoms with Crippen molar-refractivity contribution in [2.24, 2.45) is 0 Å². The van der Waals surface area contributed by atoms with E-state index in [0.717, 1.165) is 12.8 Å². The van der Waals surface area contributed by atoms with Crippen LogP contribution in [0.15, 0.2) is 54.6 Å². The molecule has 0 fully saturated rings. The molecule has 0 N–H and O–H groups in total. The largest absolute Gasteiger partial charge is 0.241 e. The van der Waals surface area contributed by atoms with Gasteiger partial charge < -0.3 is 0 Å². The molecule has 140 valence electrons. The van der Waals surface area contributed by atoms with E-state index in [0.29, 0.717) is 0 Å². The van der Waals surface area contributed by atoms with Gasteiger partial charge in [0.05, 0.1) is 5.69 Å². The van der Waals surface area contributed by atoms with Crippen LogP contribution in [0.25, 0.3) is 32.5 Å². The number of benzene rings is 2. The second kappa shape index (κ2) is 7.02. The van der Waals surface area contributed by atoms with Crippen LogP contribution >= 0.6 is 23.7 Å². The number of rotatable bonds is 1. The Hall–Kier alpha value is -2.16. The Morgan fingerprint density at radius 1 is 0.750 bits per heavy atom. The lowest BCUT2D eigenvalue weighted by Gasteiger charge is -2.23. The summed E-state index contributed by atoms with van der Waals surface area (Å²) >= 11 is 1.95. The minimum absolute atomic E-state index is 0. The smallest absolute Gasteiger partial charge is 0.124 e. The van der Waals surface area contributed by atoms with E-state index in [1.165, 1.54) is 69.4 Å². The van der Waals surface area contributed by atoms with E-state index < -0.39 is 0 Å². The number of thiophene rings is 1. The lowest BCUT2D eigenvalue weighted by molar-refractivity contribution is 0.700. The summed E-state index contributed by atoms with van der Waals surface area (Å²) in [5.74, 6) is 0. The second-order valence-electron chi connectivity index (χ2n) is 7.72. The van der Waals surface area contributed by atoms with E-state index in [1.807, 2.05) is 11.3 Å². The summed E-state index contributed by atoms with van der Waals surface area (Å²) in [6, 6.07) is 19.9. The van der Waals surface area contributed by atoms with Crippen molar-refractivity contribution in [3.63, 3.8) is 0 Å². The van der Waals surface area contributed by atoms with Gasteiger partial charge in [-0.25, -0.2) is 4.98 Å². The Morgan fingerprint density at radius 2 is 1.54 bits per heavy atom. The molecule has 2 aromatic carbocycles. The normalized spacial score (nSPS) is 14.7. The number of aryl methyl sites for hydroxylation is 4. The maximum Gasteiger partial charge on any atom is 0.124 e. The Balaban J connectivity index is 0.00000171. The Kier molecular flexibility index (Phi) is 4.49. The van der Waals surface area contributed by atoms with Gasteiger partial charge in [0.25, 0.3) is 0 Å². The average molecular weight is 404 g/mol. The zero-order valence-corrected chi connectivity index (χ0v) is 17.3. The van der Waals surface area contributed by atoms with E-state index in [-0.39, 0.29) is 12.4 Å². The van der Waals surface area contributed by atoms with E-state index in [2.05, 4.69) is 54.6 Å². The molecule has 0 amide bonds. The van der Waals surface area contributed by atoms with Crippen LogP contribution in [-0.4, -0.2) is 4.98 Å². The van der Waals surface area contributed by atoms with Gasteiger partial charge in [-0.15, -0.1) is 23.7 Å². The van der Waals surface area contributed by atoms with Crippen molar-refractivity contribution >= 4 is 34.0 Å². The maximum atomic E-state index is 5.22. The quantitative estimate of drug-likeness (QED) is 0.332. The molecule has 0 radical (unpaired) electrons. The Morgan fingerprint density at radius 3 is 2.43 bits per heavy atom. The average Bonchev–Trinajstić information content (AvgIpc) is 3.10. The highest BCUT2D eigenvalue weighted by Gasteiger charge is 2.27. The summed E-state index contributed by atoms with van der Waals surface area (Å²) in [4.78, 5) is 8.07. The van der Waals surface area contributed by atoms with Crippen molar-refractivity contribution < 1.29 is 0 Å². The molecule has 2 aliphatic rings. The van der Waals surface area contributed by atoms with E-state index in [1.54, 1.807) is 10.4 Å². The Bertz CT molecular complexity index is 1180. The second-order valence-corrected chi connectivity index (χ2v) is 8.81. The fourth-order valence-corrected chi connectivity index (χ4v) is 6.23. The van der Waals surface area contributed by atoms with Crippen LogP contribution in [0.2, 0.25) is 0 Å². The predicted octanol–water partition coefficient (Wildman–Crippen LogP) is 7.03. The lowest BCUT2D eigenvalue weighted by Crippen LogP contribution is -2.08. The van der Waals surface area contributed by atoms with Crippen molar-refractivity contribution in [1.82, 2.24) is 4.98 Å². The van der Waals surface area contributed by atoms with Gasteiger partial charge in [0.2, 0.25) is 0 Å². The first-order valence-corrected chi connectivity index (χ1v) is 10.8. The molecule has 1 nitrogen and oxygen atoms in total. The number of hydrogen-bond acceptors (Lipinski definition) is 2. The molecule has 2 aromatic heterocycles. The summed E-state index contributed by atoms with van der Waals surface area (Å²) in [6.45, 7) is 0. The Labute approximate surface area is 175 Å². The van der Waals surface area contributed by atoms with Gasteiger partial charge in [0, 0.05) is 21.4 Å². The van der Waals surface area contributed by atoms with Crippen LogP contribution in [0.4, 0.5) is 0 Å². The third-order valence-corrected chi connectivity index (χ3v) is 7.34. The van der Waals surface area contributed by atoms with Gasteiger partial charge in [0.15, 0.2) is 0 Å². The van der Waals surface area contributed by atoms with Crippen molar-refractivity contribution in [2.45, 2.75) is 38.5 Å². The van der Waals surface area contributed by atoms with Gasteiger partial charge in [-0.05, 0) is 60.8 Å². The van der Waals surface area contributed by atoms with Crippen LogP contribution in [0, 0.1) is 0 Å². The van der Waals surface area contributed by atoms with Crippen molar-refractivity contribution in [3.05, 3.63) is 76.3 Å². The van der Waals surface area contributed by atoms with Crippen molar-refractivity contribution in [1.29, 1.82) is 0 Å². The van der Waals surface area contributed by atoms with Crippen LogP contribution in [0.3, 0.4) is 0 Å². The SMILES string of the molecule is Cl.c1ccc(-c2c3c(nc4sc5c(c24)CCCC5)CCc2ccccc2-3)cc1. The van der Waals surface area contributed by atoms with Gasteiger partial charge in [-0.3, -0.25) is 0 Å². The van der Waals surface area contributed by atoms with Crippen LogP contribution < -0.4 is 0 Å². The van der Waals surface area contributed by atoms with Crippen LogP contribution in [0.1, 0.15) is 34.5 Å². The highest BCUT2D eigenvalue weighted by molar-refractivity contribution is 7.19. The molecule has 0 spiro atoms. The molecular formula is C25H22ClNS. The molecule has 6 rings (SSSR count). The number of hydrogen-bond donors (Lipinski definition) is 0. The summed E-state index contributed by atoms with van der Waals surface area (Å²) in [7, 11) is 0. The number of fused-ring (bicyclic) bond motifs is 6. The van der Waals surface area contributed by atoms with E-state index >= 15 is 0 Å². The number of nitrogens with zero attached hydrogens (tertiary/aromatic N) is 1. The van der Waals surface area contributed by atoms with Crippen LogP contribution in [0.5, 0.6) is 0 Å². The molecule has 0 unspecified atom stereocenters. The highest BCUT2D eigenvalue weighted by atomic mass is 35.5. The van der Waals surface area contributed by atoms with Gasteiger partial charge in [-0.2, -0.15) is 0 Å². The zero-order chi connectivity index (χ0) is 17.8. The molecule has 0 atom stereocenters. The summed E-state index contributed by atoms with van der Waals surface area (Å²) < 4.78 is 0. The van der Waals surface area contributed by atoms with E-state index in [4.69, 9.17) is 4.98 Å². The van der Waals surface area contributed by atoms with Gasteiger partial charge >= 0.3 is 0 Å². The fourth-order valence-electron chi connectivity index (χ4n) is 4.94. The lowest BCUT2D eigenvalue weighted by atomic mass is 9.82. The molecule has 3 heteroatoms. The number of halogens is 1. The third kappa shape index (κ3) is 2.62. The molecule has 4 aromatic rings. The third-order valence-electron chi connectivity index (χ3n) is 6.16.